The second-order valence-corrected chi connectivity index (χ2v) is 6.59. The maximum atomic E-state index is 6.01. The van der Waals surface area contributed by atoms with Gasteiger partial charge in [-0.3, -0.25) is 4.90 Å². The molecule has 1 aliphatic rings. The normalized spacial score (nSPS) is 16.5. The van der Waals surface area contributed by atoms with Crippen LogP contribution < -0.4 is 5.73 Å². The molecule has 0 radical (unpaired) electrons. The number of nitrogens with two attached hydrogens (primary N) is 1. The van der Waals surface area contributed by atoms with Crippen LogP contribution in [0.15, 0.2) is 54.7 Å². The van der Waals surface area contributed by atoms with Crippen molar-refractivity contribution >= 4 is 10.9 Å². The van der Waals surface area contributed by atoms with Gasteiger partial charge < -0.3 is 5.73 Å². The summed E-state index contributed by atoms with van der Waals surface area (Å²) in [6, 6.07) is 17.3. The molecule has 2 heterocycles. The average molecular weight is 318 g/mol. The van der Waals surface area contributed by atoms with E-state index in [1.54, 1.807) is 0 Å². The molecule has 0 aliphatic carbocycles. The van der Waals surface area contributed by atoms with Crippen LogP contribution >= 0.6 is 0 Å². The molecule has 24 heavy (non-hydrogen) atoms. The molecule has 4 nitrogen and oxygen atoms in total. The smallest absolute Gasteiger partial charge is 0.0936 e. The number of rotatable bonds is 3. The molecule has 0 saturated carbocycles. The molecule has 0 spiro atoms. The zero-order chi connectivity index (χ0) is 16.4. The summed E-state index contributed by atoms with van der Waals surface area (Å²) in [5, 5.41) is 9.62. The van der Waals surface area contributed by atoms with E-state index in [0.717, 1.165) is 43.6 Å². The van der Waals surface area contributed by atoms with E-state index >= 15 is 0 Å². The average Bonchev–Trinajstić information content (AvgIpc) is 2.64. The summed E-state index contributed by atoms with van der Waals surface area (Å²) in [5.41, 5.74) is 10.6. The number of aromatic nitrogens is 2. The summed E-state index contributed by atoms with van der Waals surface area (Å²) in [4.78, 5) is 2.49. The fraction of sp³-hybridized carbons (Fsp3) is 0.300. The van der Waals surface area contributed by atoms with Crippen molar-refractivity contribution in [3.8, 4) is 11.1 Å². The minimum absolute atomic E-state index is 0.373. The van der Waals surface area contributed by atoms with Crippen LogP contribution in [0.4, 0.5) is 0 Å². The molecule has 122 valence electrons. The Morgan fingerprint density at radius 2 is 1.83 bits per heavy atom. The van der Waals surface area contributed by atoms with Crippen molar-refractivity contribution in [3.05, 3.63) is 60.3 Å². The van der Waals surface area contributed by atoms with Gasteiger partial charge in [0.2, 0.25) is 0 Å². The lowest BCUT2D eigenvalue weighted by molar-refractivity contribution is 0.206. The third-order valence-electron chi connectivity index (χ3n) is 4.83. The van der Waals surface area contributed by atoms with E-state index in [-0.39, 0.29) is 0 Å². The van der Waals surface area contributed by atoms with Gasteiger partial charge in [-0.25, -0.2) is 0 Å². The molecule has 4 heteroatoms. The molecule has 1 aromatic heterocycles. The Balaban J connectivity index is 1.67. The Hall–Kier alpha value is -2.30. The number of hydrogen-bond donors (Lipinski definition) is 1. The summed E-state index contributed by atoms with van der Waals surface area (Å²) in [6.07, 6.45) is 4.05. The molecule has 3 aromatic rings. The fourth-order valence-corrected chi connectivity index (χ4v) is 3.42. The summed E-state index contributed by atoms with van der Waals surface area (Å²) in [6.45, 7) is 3.14. The van der Waals surface area contributed by atoms with E-state index in [4.69, 9.17) is 5.73 Å². The Bertz CT molecular complexity index is 823. The van der Waals surface area contributed by atoms with Gasteiger partial charge >= 0.3 is 0 Å². The van der Waals surface area contributed by atoms with Crippen molar-refractivity contribution in [3.63, 3.8) is 0 Å². The van der Waals surface area contributed by atoms with Gasteiger partial charge in [0.15, 0.2) is 0 Å². The first kappa shape index (κ1) is 15.2. The van der Waals surface area contributed by atoms with Crippen molar-refractivity contribution in [2.24, 2.45) is 5.73 Å². The highest BCUT2D eigenvalue weighted by molar-refractivity contribution is 5.94. The third kappa shape index (κ3) is 3.16. The van der Waals surface area contributed by atoms with E-state index < -0.39 is 0 Å². The van der Waals surface area contributed by atoms with E-state index in [1.165, 1.54) is 16.5 Å². The van der Waals surface area contributed by atoms with E-state index in [9.17, 15) is 0 Å². The maximum Gasteiger partial charge on any atom is 0.0936 e. The van der Waals surface area contributed by atoms with Crippen LogP contribution in [0.25, 0.3) is 22.0 Å². The predicted octanol–water partition coefficient (Wildman–Crippen LogP) is 3.22. The highest BCUT2D eigenvalue weighted by Crippen LogP contribution is 2.27. The van der Waals surface area contributed by atoms with Gasteiger partial charge in [0.05, 0.1) is 11.7 Å². The molecule has 0 bridgehead atoms. The molecular formula is C20H22N4. The van der Waals surface area contributed by atoms with Gasteiger partial charge in [-0.15, -0.1) is 0 Å². The van der Waals surface area contributed by atoms with E-state index in [2.05, 4.69) is 57.6 Å². The number of likely N-dealkylation sites (tertiary alicyclic amines) is 1. The molecule has 0 amide bonds. The van der Waals surface area contributed by atoms with Crippen molar-refractivity contribution in [2.45, 2.75) is 25.4 Å². The summed E-state index contributed by atoms with van der Waals surface area (Å²) >= 11 is 0. The van der Waals surface area contributed by atoms with Crippen molar-refractivity contribution in [1.29, 1.82) is 0 Å². The summed E-state index contributed by atoms with van der Waals surface area (Å²) in [5.74, 6) is 0. The zero-order valence-electron chi connectivity index (χ0n) is 13.7. The Labute approximate surface area is 142 Å². The molecule has 0 unspecified atom stereocenters. The van der Waals surface area contributed by atoms with Gasteiger partial charge in [-0.1, -0.05) is 36.4 Å². The van der Waals surface area contributed by atoms with E-state index in [0.29, 0.717) is 6.04 Å². The number of benzene rings is 2. The van der Waals surface area contributed by atoms with Crippen LogP contribution in [-0.2, 0) is 6.54 Å². The topological polar surface area (TPSA) is 55.0 Å². The van der Waals surface area contributed by atoms with E-state index in [1.807, 2.05) is 12.3 Å². The van der Waals surface area contributed by atoms with Gasteiger partial charge in [0.1, 0.15) is 0 Å². The molecule has 1 fully saturated rings. The van der Waals surface area contributed by atoms with Crippen molar-refractivity contribution in [1.82, 2.24) is 15.1 Å². The van der Waals surface area contributed by atoms with Crippen molar-refractivity contribution in [2.75, 3.05) is 13.1 Å². The summed E-state index contributed by atoms with van der Waals surface area (Å²) in [7, 11) is 0. The lowest BCUT2D eigenvalue weighted by Crippen LogP contribution is -2.39. The quantitative estimate of drug-likeness (QED) is 0.805. The SMILES string of the molecule is NC1CCN(Cc2ccc3nncc(-c4ccccc4)c3c2)CC1. The van der Waals surface area contributed by atoms with Crippen LogP contribution in [0.5, 0.6) is 0 Å². The van der Waals surface area contributed by atoms with Crippen LogP contribution in [0, 0.1) is 0 Å². The molecule has 2 N–H and O–H groups in total. The van der Waals surface area contributed by atoms with Crippen molar-refractivity contribution < 1.29 is 0 Å². The molecule has 1 aliphatic heterocycles. The summed E-state index contributed by atoms with van der Waals surface area (Å²) < 4.78 is 0. The lowest BCUT2D eigenvalue weighted by atomic mass is 10.0. The number of hydrogen-bond acceptors (Lipinski definition) is 4. The van der Waals surface area contributed by atoms with Gasteiger partial charge in [0, 0.05) is 23.5 Å². The Morgan fingerprint density at radius 1 is 1.04 bits per heavy atom. The predicted molar refractivity (Wildman–Crippen MR) is 97.5 cm³/mol. The molecular weight excluding hydrogens is 296 g/mol. The molecule has 0 atom stereocenters. The van der Waals surface area contributed by atoms with Gasteiger partial charge in [-0.05, 0) is 49.2 Å². The third-order valence-corrected chi connectivity index (χ3v) is 4.83. The highest BCUT2D eigenvalue weighted by atomic mass is 15.1. The molecule has 4 rings (SSSR count). The molecule has 1 saturated heterocycles. The van der Waals surface area contributed by atoms with Crippen LogP contribution in [-0.4, -0.2) is 34.2 Å². The monoisotopic (exact) mass is 318 g/mol. The fourth-order valence-electron chi connectivity index (χ4n) is 3.42. The second kappa shape index (κ2) is 6.67. The Morgan fingerprint density at radius 3 is 2.62 bits per heavy atom. The lowest BCUT2D eigenvalue weighted by Gasteiger charge is -2.30. The first-order valence-corrected chi connectivity index (χ1v) is 8.57. The number of nitrogens with zero attached hydrogens (tertiary/aromatic N) is 3. The largest absolute Gasteiger partial charge is 0.328 e. The van der Waals surface area contributed by atoms with Crippen LogP contribution in [0.1, 0.15) is 18.4 Å². The van der Waals surface area contributed by atoms with Crippen LogP contribution in [0.3, 0.4) is 0 Å². The minimum Gasteiger partial charge on any atom is -0.328 e. The Kier molecular flexibility index (Phi) is 4.24. The van der Waals surface area contributed by atoms with Gasteiger partial charge in [0.25, 0.3) is 0 Å². The maximum absolute atomic E-state index is 6.01. The van der Waals surface area contributed by atoms with Crippen LogP contribution in [0.2, 0.25) is 0 Å². The zero-order valence-corrected chi connectivity index (χ0v) is 13.7. The number of piperidine rings is 1. The van der Waals surface area contributed by atoms with Gasteiger partial charge in [-0.2, -0.15) is 10.2 Å². The first-order chi connectivity index (χ1) is 11.8. The minimum atomic E-state index is 0.373. The first-order valence-electron chi connectivity index (χ1n) is 8.57. The second-order valence-electron chi connectivity index (χ2n) is 6.59. The highest BCUT2D eigenvalue weighted by Gasteiger charge is 2.16. The standard InChI is InChI=1S/C20H22N4/c21-17-8-10-24(11-9-17)14-15-6-7-20-18(12-15)19(13-22-23-20)16-4-2-1-3-5-16/h1-7,12-13,17H,8-11,14,21H2. The molecule has 2 aromatic carbocycles. The number of fused-ring (bicyclic) bond motifs is 1.